The Morgan fingerprint density at radius 1 is 1.45 bits per heavy atom. The lowest BCUT2D eigenvalue weighted by Crippen LogP contribution is -2.19. The van der Waals surface area contributed by atoms with Crippen molar-refractivity contribution in [1.82, 2.24) is 4.98 Å². The van der Waals surface area contributed by atoms with Crippen molar-refractivity contribution in [2.75, 3.05) is 6.61 Å². The number of carbonyl (C=O) groups is 1. The van der Waals surface area contributed by atoms with E-state index in [0.717, 1.165) is 6.07 Å². The number of nitrogens with zero attached hydrogens (tertiary/aromatic N) is 1. The summed E-state index contributed by atoms with van der Waals surface area (Å²) in [7, 11) is 0. The molecule has 0 aromatic carbocycles. The Bertz CT molecular complexity index is 493. The van der Waals surface area contributed by atoms with Crippen LogP contribution in [0, 0.1) is 3.57 Å². The first-order chi connectivity index (χ1) is 9.26. The van der Waals surface area contributed by atoms with Crippen molar-refractivity contribution in [2.24, 2.45) is 0 Å². The molecular formula is C11H10F4INO3. The van der Waals surface area contributed by atoms with E-state index in [-0.39, 0.29) is 27.9 Å². The second-order valence-electron chi connectivity index (χ2n) is 3.54. The van der Waals surface area contributed by atoms with Gasteiger partial charge in [-0.2, -0.15) is 0 Å². The molecule has 0 atom stereocenters. The largest absolute Gasteiger partial charge is 0.574 e. The molecule has 4 nitrogen and oxygen atoms in total. The van der Waals surface area contributed by atoms with Gasteiger partial charge in [0, 0.05) is 15.2 Å². The molecule has 20 heavy (non-hydrogen) atoms. The van der Waals surface area contributed by atoms with E-state index in [1.807, 2.05) is 0 Å². The van der Waals surface area contributed by atoms with E-state index < -0.39 is 24.9 Å². The number of ether oxygens (including phenoxy) is 2. The SMILES string of the molecule is CCOC(=O)Cc1nc(OC(F)(F)F)cc(CF)c1I. The summed E-state index contributed by atoms with van der Waals surface area (Å²) in [5, 5.41) is 0. The average Bonchev–Trinajstić information content (AvgIpc) is 2.31. The Labute approximate surface area is 125 Å². The predicted octanol–water partition coefficient (Wildman–Crippen LogP) is 3.16. The molecule has 0 radical (unpaired) electrons. The third-order valence-electron chi connectivity index (χ3n) is 2.06. The van der Waals surface area contributed by atoms with Gasteiger partial charge in [-0.05, 0) is 29.5 Å². The Morgan fingerprint density at radius 3 is 2.60 bits per heavy atom. The van der Waals surface area contributed by atoms with Gasteiger partial charge in [-0.25, -0.2) is 9.37 Å². The maximum atomic E-state index is 12.8. The summed E-state index contributed by atoms with van der Waals surface area (Å²) in [4.78, 5) is 14.9. The van der Waals surface area contributed by atoms with Gasteiger partial charge < -0.3 is 9.47 Å². The highest BCUT2D eigenvalue weighted by atomic mass is 127. The van der Waals surface area contributed by atoms with Gasteiger partial charge in [0.1, 0.15) is 6.67 Å². The lowest BCUT2D eigenvalue weighted by molar-refractivity contribution is -0.276. The number of alkyl halides is 4. The molecule has 0 aliphatic rings. The van der Waals surface area contributed by atoms with Crippen molar-refractivity contribution in [2.45, 2.75) is 26.4 Å². The van der Waals surface area contributed by atoms with Gasteiger partial charge in [0.15, 0.2) is 0 Å². The monoisotopic (exact) mass is 407 g/mol. The molecule has 1 rings (SSSR count). The highest BCUT2D eigenvalue weighted by Crippen LogP contribution is 2.26. The molecule has 0 amide bonds. The molecule has 0 saturated heterocycles. The van der Waals surface area contributed by atoms with Crippen LogP contribution in [0.25, 0.3) is 0 Å². The summed E-state index contributed by atoms with van der Waals surface area (Å²) in [6, 6.07) is 0.851. The zero-order chi connectivity index (χ0) is 15.3. The van der Waals surface area contributed by atoms with Crippen LogP contribution < -0.4 is 4.74 Å². The average molecular weight is 407 g/mol. The van der Waals surface area contributed by atoms with Crippen molar-refractivity contribution >= 4 is 28.6 Å². The van der Waals surface area contributed by atoms with Crippen LogP contribution >= 0.6 is 22.6 Å². The minimum atomic E-state index is -4.94. The number of aromatic nitrogens is 1. The number of pyridine rings is 1. The molecule has 0 spiro atoms. The lowest BCUT2D eigenvalue weighted by atomic mass is 10.2. The highest BCUT2D eigenvalue weighted by molar-refractivity contribution is 14.1. The Balaban J connectivity index is 3.08. The van der Waals surface area contributed by atoms with Crippen LogP contribution in [0.15, 0.2) is 6.07 Å². The Kier molecular flexibility index (Phi) is 5.96. The van der Waals surface area contributed by atoms with Gasteiger partial charge in [-0.15, -0.1) is 13.2 Å². The molecular weight excluding hydrogens is 397 g/mol. The summed E-state index contributed by atoms with van der Waals surface area (Å²) < 4.78 is 57.8. The zero-order valence-electron chi connectivity index (χ0n) is 10.3. The minimum absolute atomic E-state index is 0.0153. The van der Waals surface area contributed by atoms with E-state index in [0.29, 0.717) is 0 Å². The number of halogens is 5. The molecule has 0 saturated carbocycles. The van der Waals surface area contributed by atoms with Crippen molar-refractivity contribution in [3.8, 4) is 5.88 Å². The molecule has 0 fully saturated rings. The summed E-state index contributed by atoms with van der Waals surface area (Å²) in [6.07, 6.45) is -5.29. The van der Waals surface area contributed by atoms with Crippen LogP contribution in [0.5, 0.6) is 5.88 Å². The van der Waals surface area contributed by atoms with Gasteiger partial charge in [0.05, 0.1) is 18.7 Å². The van der Waals surface area contributed by atoms with Crippen LogP contribution in [0.1, 0.15) is 18.2 Å². The second-order valence-corrected chi connectivity index (χ2v) is 4.62. The standard InChI is InChI=1S/C11H10F4INO3/c1-2-19-9(18)4-7-10(16)6(5-12)3-8(17-7)20-11(13,14)15/h3H,2,4-5H2,1H3. The molecule has 1 aromatic rings. The highest BCUT2D eigenvalue weighted by Gasteiger charge is 2.32. The second kappa shape index (κ2) is 7.04. The molecule has 9 heteroatoms. The van der Waals surface area contributed by atoms with Gasteiger partial charge >= 0.3 is 12.3 Å². The van der Waals surface area contributed by atoms with E-state index in [9.17, 15) is 22.4 Å². The quantitative estimate of drug-likeness (QED) is 0.428. The van der Waals surface area contributed by atoms with Crippen LogP contribution in [-0.2, 0) is 22.6 Å². The molecule has 0 N–H and O–H groups in total. The van der Waals surface area contributed by atoms with Crippen molar-refractivity contribution in [1.29, 1.82) is 0 Å². The van der Waals surface area contributed by atoms with Gasteiger partial charge in [-0.1, -0.05) is 0 Å². The molecule has 0 unspecified atom stereocenters. The van der Waals surface area contributed by atoms with Crippen molar-refractivity contribution in [3.63, 3.8) is 0 Å². The van der Waals surface area contributed by atoms with Gasteiger partial charge in [0.2, 0.25) is 5.88 Å². The molecule has 112 valence electrons. The molecule has 1 heterocycles. The van der Waals surface area contributed by atoms with Gasteiger partial charge in [0.25, 0.3) is 0 Å². The molecule has 1 aromatic heterocycles. The fourth-order valence-corrected chi connectivity index (χ4v) is 1.96. The molecule has 0 bridgehead atoms. The maximum Gasteiger partial charge on any atom is 0.574 e. The summed E-state index contributed by atoms with van der Waals surface area (Å²) >= 11 is 1.71. The molecule has 0 aliphatic heterocycles. The Hall–Kier alpha value is -1.13. The summed E-state index contributed by atoms with van der Waals surface area (Å²) in [5.74, 6) is -1.46. The maximum absolute atomic E-state index is 12.8. The fourth-order valence-electron chi connectivity index (χ4n) is 1.35. The van der Waals surface area contributed by atoms with Crippen molar-refractivity contribution < 1.29 is 31.8 Å². The van der Waals surface area contributed by atoms with E-state index in [1.165, 1.54) is 0 Å². The van der Waals surface area contributed by atoms with Gasteiger partial charge in [-0.3, -0.25) is 4.79 Å². The van der Waals surface area contributed by atoms with Crippen LogP contribution in [0.3, 0.4) is 0 Å². The Morgan fingerprint density at radius 2 is 2.10 bits per heavy atom. The van der Waals surface area contributed by atoms with Crippen LogP contribution in [0.2, 0.25) is 0 Å². The lowest BCUT2D eigenvalue weighted by Gasteiger charge is -2.12. The summed E-state index contributed by atoms with van der Waals surface area (Å²) in [6.45, 7) is 0.724. The molecule has 0 aliphatic carbocycles. The zero-order valence-corrected chi connectivity index (χ0v) is 12.4. The van der Waals surface area contributed by atoms with Crippen LogP contribution in [0.4, 0.5) is 17.6 Å². The van der Waals surface area contributed by atoms with E-state index in [1.54, 1.807) is 29.5 Å². The third-order valence-corrected chi connectivity index (χ3v) is 3.37. The number of esters is 1. The predicted molar refractivity (Wildman–Crippen MR) is 68.8 cm³/mol. The van der Waals surface area contributed by atoms with E-state index in [2.05, 4.69) is 14.5 Å². The normalized spacial score (nSPS) is 11.3. The minimum Gasteiger partial charge on any atom is -0.466 e. The topological polar surface area (TPSA) is 48.4 Å². The smallest absolute Gasteiger partial charge is 0.466 e. The third kappa shape index (κ3) is 5.10. The number of rotatable bonds is 5. The number of hydrogen-bond donors (Lipinski definition) is 0. The first kappa shape index (κ1) is 16.9. The van der Waals surface area contributed by atoms with E-state index in [4.69, 9.17) is 0 Å². The summed E-state index contributed by atoms with van der Waals surface area (Å²) in [5.41, 5.74) is -0.0439. The number of hydrogen-bond acceptors (Lipinski definition) is 4. The first-order valence-corrected chi connectivity index (χ1v) is 6.50. The fraction of sp³-hybridized carbons (Fsp3) is 0.455. The van der Waals surface area contributed by atoms with Crippen LogP contribution in [-0.4, -0.2) is 23.9 Å². The number of carbonyl (C=O) groups excluding carboxylic acids is 1. The first-order valence-electron chi connectivity index (χ1n) is 5.42. The van der Waals surface area contributed by atoms with E-state index >= 15 is 0 Å². The van der Waals surface area contributed by atoms with Crippen molar-refractivity contribution in [3.05, 3.63) is 20.9 Å².